The van der Waals surface area contributed by atoms with Gasteiger partial charge in [-0.15, -0.1) is 0 Å². The van der Waals surface area contributed by atoms with E-state index < -0.39 is 0 Å². The summed E-state index contributed by atoms with van der Waals surface area (Å²) in [5.74, 6) is 0. The SMILES string of the molecule is COC1CCCN(C(=O)OC(C)C)CC1. The Morgan fingerprint density at radius 1 is 1.33 bits per heavy atom. The van der Waals surface area contributed by atoms with E-state index in [9.17, 15) is 4.79 Å². The maximum Gasteiger partial charge on any atom is 0.410 e. The molecule has 15 heavy (non-hydrogen) atoms. The fraction of sp³-hybridized carbons (Fsp3) is 0.909. The molecule has 1 atom stereocenters. The standard InChI is InChI=1S/C11H21NO3/c1-9(2)15-11(13)12-7-4-5-10(14-3)6-8-12/h9-10H,4-8H2,1-3H3. The summed E-state index contributed by atoms with van der Waals surface area (Å²) >= 11 is 0. The first-order valence-corrected chi connectivity index (χ1v) is 5.62. The van der Waals surface area contributed by atoms with Gasteiger partial charge in [-0.3, -0.25) is 0 Å². The zero-order valence-corrected chi connectivity index (χ0v) is 9.86. The summed E-state index contributed by atoms with van der Waals surface area (Å²) < 4.78 is 10.5. The molecule has 88 valence electrons. The Morgan fingerprint density at radius 2 is 2.07 bits per heavy atom. The lowest BCUT2D eigenvalue weighted by Gasteiger charge is -2.21. The highest BCUT2D eigenvalue weighted by molar-refractivity contribution is 5.67. The number of hydrogen-bond donors (Lipinski definition) is 0. The molecule has 0 bridgehead atoms. The molecule has 0 aromatic carbocycles. The number of hydrogen-bond acceptors (Lipinski definition) is 3. The molecule has 1 rings (SSSR count). The summed E-state index contributed by atoms with van der Waals surface area (Å²) in [7, 11) is 1.73. The fourth-order valence-corrected chi connectivity index (χ4v) is 1.76. The molecule has 1 aliphatic rings. The summed E-state index contributed by atoms with van der Waals surface area (Å²) in [6.07, 6.45) is 2.99. The van der Waals surface area contributed by atoms with Gasteiger partial charge in [0, 0.05) is 20.2 Å². The molecule has 0 aromatic rings. The maximum atomic E-state index is 11.6. The molecule has 1 amide bonds. The average molecular weight is 215 g/mol. The van der Waals surface area contributed by atoms with Crippen LogP contribution in [0, 0.1) is 0 Å². The highest BCUT2D eigenvalue weighted by atomic mass is 16.6. The van der Waals surface area contributed by atoms with Crippen LogP contribution >= 0.6 is 0 Å². The van der Waals surface area contributed by atoms with Crippen molar-refractivity contribution in [3.05, 3.63) is 0 Å². The first kappa shape index (κ1) is 12.3. The zero-order valence-electron chi connectivity index (χ0n) is 9.86. The molecule has 1 unspecified atom stereocenters. The van der Waals surface area contributed by atoms with Gasteiger partial charge in [-0.1, -0.05) is 0 Å². The van der Waals surface area contributed by atoms with E-state index in [1.807, 2.05) is 13.8 Å². The van der Waals surface area contributed by atoms with E-state index in [-0.39, 0.29) is 12.2 Å². The first-order chi connectivity index (χ1) is 7.13. The van der Waals surface area contributed by atoms with Crippen molar-refractivity contribution in [3.63, 3.8) is 0 Å². The minimum atomic E-state index is -0.193. The lowest BCUT2D eigenvalue weighted by molar-refractivity contribution is 0.0713. The lowest BCUT2D eigenvalue weighted by atomic mass is 10.2. The van der Waals surface area contributed by atoms with Gasteiger partial charge in [0.2, 0.25) is 0 Å². The van der Waals surface area contributed by atoms with Crippen molar-refractivity contribution in [1.29, 1.82) is 0 Å². The second-order valence-electron chi connectivity index (χ2n) is 4.21. The second-order valence-corrected chi connectivity index (χ2v) is 4.21. The summed E-state index contributed by atoms with van der Waals surface area (Å²) in [4.78, 5) is 13.4. The van der Waals surface area contributed by atoms with Crippen molar-refractivity contribution in [1.82, 2.24) is 4.90 Å². The predicted octanol–water partition coefficient (Wildman–Crippen LogP) is 2.03. The fourth-order valence-electron chi connectivity index (χ4n) is 1.76. The molecule has 1 heterocycles. The van der Waals surface area contributed by atoms with E-state index in [1.165, 1.54) is 0 Å². The smallest absolute Gasteiger partial charge is 0.410 e. The monoisotopic (exact) mass is 215 g/mol. The van der Waals surface area contributed by atoms with E-state index in [1.54, 1.807) is 12.0 Å². The Morgan fingerprint density at radius 3 is 2.67 bits per heavy atom. The lowest BCUT2D eigenvalue weighted by Crippen LogP contribution is -2.34. The number of likely N-dealkylation sites (tertiary alicyclic amines) is 1. The first-order valence-electron chi connectivity index (χ1n) is 5.62. The minimum absolute atomic E-state index is 0.0426. The summed E-state index contributed by atoms with van der Waals surface area (Å²) in [6.45, 7) is 5.26. The molecule has 1 saturated heterocycles. The van der Waals surface area contributed by atoms with Crippen LogP contribution in [-0.2, 0) is 9.47 Å². The molecule has 0 radical (unpaired) electrons. The van der Waals surface area contributed by atoms with E-state index in [4.69, 9.17) is 9.47 Å². The Balaban J connectivity index is 2.39. The van der Waals surface area contributed by atoms with Gasteiger partial charge in [0.05, 0.1) is 12.2 Å². The van der Waals surface area contributed by atoms with E-state index in [2.05, 4.69) is 0 Å². The van der Waals surface area contributed by atoms with Crippen LogP contribution in [0.1, 0.15) is 33.1 Å². The number of rotatable bonds is 2. The Bertz CT molecular complexity index is 206. The third-order valence-corrected chi connectivity index (χ3v) is 2.60. The van der Waals surface area contributed by atoms with Gasteiger partial charge in [-0.05, 0) is 33.1 Å². The van der Waals surface area contributed by atoms with Crippen LogP contribution < -0.4 is 0 Å². The topological polar surface area (TPSA) is 38.8 Å². The van der Waals surface area contributed by atoms with Crippen LogP contribution in [0.3, 0.4) is 0 Å². The van der Waals surface area contributed by atoms with Gasteiger partial charge in [-0.25, -0.2) is 4.79 Å². The van der Waals surface area contributed by atoms with Crippen LogP contribution in [-0.4, -0.2) is 43.4 Å². The number of ether oxygens (including phenoxy) is 2. The third-order valence-electron chi connectivity index (χ3n) is 2.60. The van der Waals surface area contributed by atoms with Crippen molar-refractivity contribution < 1.29 is 14.3 Å². The molecule has 4 nitrogen and oxygen atoms in total. The highest BCUT2D eigenvalue weighted by Gasteiger charge is 2.21. The van der Waals surface area contributed by atoms with Gasteiger partial charge in [0.25, 0.3) is 0 Å². The van der Waals surface area contributed by atoms with Crippen molar-refractivity contribution in [2.45, 2.75) is 45.3 Å². The van der Waals surface area contributed by atoms with Crippen LogP contribution in [0.5, 0.6) is 0 Å². The van der Waals surface area contributed by atoms with Crippen LogP contribution in [0.2, 0.25) is 0 Å². The van der Waals surface area contributed by atoms with Crippen LogP contribution in [0.4, 0.5) is 4.79 Å². The quantitative estimate of drug-likeness (QED) is 0.707. The number of carbonyl (C=O) groups is 1. The molecule has 0 spiro atoms. The van der Waals surface area contributed by atoms with Crippen LogP contribution in [0.25, 0.3) is 0 Å². The largest absolute Gasteiger partial charge is 0.447 e. The second kappa shape index (κ2) is 5.95. The van der Waals surface area contributed by atoms with Crippen molar-refractivity contribution in [2.75, 3.05) is 20.2 Å². The Kier molecular flexibility index (Phi) is 4.88. The number of amides is 1. The van der Waals surface area contributed by atoms with E-state index in [0.29, 0.717) is 6.10 Å². The van der Waals surface area contributed by atoms with E-state index >= 15 is 0 Å². The summed E-state index contributed by atoms with van der Waals surface area (Å²) in [5.41, 5.74) is 0. The van der Waals surface area contributed by atoms with E-state index in [0.717, 1.165) is 32.4 Å². The average Bonchev–Trinajstić information content (AvgIpc) is 2.41. The van der Waals surface area contributed by atoms with Crippen LogP contribution in [0.15, 0.2) is 0 Å². The number of methoxy groups -OCH3 is 1. The molecule has 0 N–H and O–H groups in total. The Labute approximate surface area is 91.5 Å². The minimum Gasteiger partial charge on any atom is -0.447 e. The predicted molar refractivity (Wildman–Crippen MR) is 57.8 cm³/mol. The maximum absolute atomic E-state index is 11.6. The molecular weight excluding hydrogens is 194 g/mol. The molecule has 1 aliphatic heterocycles. The molecule has 0 aromatic heterocycles. The van der Waals surface area contributed by atoms with Crippen molar-refractivity contribution in [2.24, 2.45) is 0 Å². The normalized spacial score (nSPS) is 22.7. The van der Waals surface area contributed by atoms with Gasteiger partial charge in [0.1, 0.15) is 0 Å². The van der Waals surface area contributed by atoms with Gasteiger partial charge < -0.3 is 14.4 Å². The Hall–Kier alpha value is -0.770. The molecule has 0 saturated carbocycles. The molecular formula is C11H21NO3. The van der Waals surface area contributed by atoms with Gasteiger partial charge in [0.15, 0.2) is 0 Å². The molecule has 1 fully saturated rings. The number of carbonyl (C=O) groups excluding carboxylic acids is 1. The summed E-state index contributed by atoms with van der Waals surface area (Å²) in [5, 5.41) is 0. The van der Waals surface area contributed by atoms with Crippen molar-refractivity contribution >= 4 is 6.09 Å². The van der Waals surface area contributed by atoms with Gasteiger partial charge >= 0.3 is 6.09 Å². The van der Waals surface area contributed by atoms with Crippen molar-refractivity contribution in [3.8, 4) is 0 Å². The highest BCUT2D eigenvalue weighted by Crippen LogP contribution is 2.14. The third kappa shape index (κ3) is 4.08. The molecule has 4 heteroatoms. The zero-order chi connectivity index (χ0) is 11.3. The molecule has 0 aliphatic carbocycles. The van der Waals surface area contributed by atoms with Gasteiger partial charge in [-0.2, -0.15) is 0 Å². The number of nitrogens with zero attached hydrogens (tertiary/aromatic N) is 1. The summed E-state index contributed by atoms with van der Waals surface area (Å²) in [6, 6.07) is 0.